The van der Waals surface area contributed by atoms with Crippen molar-refractivity contribution < 1.29 is 14.2 Å². The van der Waals surface area contributed by atoms with Gasteiger partial charge in [0.15, 0.2) is 0 Å². The van der Waals surface area contributed by atoms with E-state index in [9.17, 15) is 5.26 Å². The number of fused-ring (bicyclic) bond motifs is 2. The number of nitrogens with one attached hydrogen (secondary N) is 1. The van der Waals surface area contributed by atoms with Gasteiger partial charge in [-0.2, -0.15) is 10.4 Å². The maximum absolute atomic E-state index is 9.71. The highest BCUT2D eigenvalue weighted by atomic mass is 16.5. The molecule has 1 aromatic carbocycles. The van der Waals surface area contributed by atoms with Gasteiger partial charge in [-0.15, -0.1) is 5.10 Å². The minimum absolute atomic E-state index is 0.234. The molecule has 14 nitrogen and oxygen atoms in total. The lowest BCUT2D eigenvalue weighted by Crippen LogP contribution is -2.52. The quantitative estimate of drug-likeness (QED) is 0.180. The Kier molecular flexibility index (Phi) is 9.54. The van der Waals surface area contributed by atoms with Gasteiger partial charge in [0.2, 0.25) is 5.95 Å². The van der Waals surface area contributed by atoms with Gasteiger partial charge in [0.1, 0.15) is 42.9 Å². The van der Waals surface area contributed by atoms with Crippen molar-refractivity contribution >= 4 is 11.6 Å². The third kappa shape index (κ3) is 7.40. The molecule has 1 N–H and O–H groups in total. The molecule has 0 amide bonds. The van der Waals surface area contributed by atoms with Crippen LogP contribution in [-0.4, -0.2) is 81.8 Å². The van der Waals surface area contributed by atoms with E-state index in [2.05, 4.69) is 46.0 Å². The van der Waals surface area contributed by atoms with Crippen LogP contribution in [0.3, 0.4) is 0 Å². The molecule has 0 radical (unpaired) electrons. The van der Waals surface area contributed by atoms with E-state index in [4.69, 9.17) is 19.3 Å². The average Bonchev–Trinajstić information content (AvgIpc) is 3.89. The average molecular weight is 688 g/mol. The van der Waals surface area contributed by atoms with E-state index >= 15 is 0 Å². The van der Waals surface area contributed by atoms with Crippen LogP contribution >= 0.6 is 0 Å². The van der Waals surface area contributed by atoms with Crippen LogP contribution in [0.5, 0.6) is 11.6 Å². The monoisotopic (exact) mass is 687 g/mol. The third-order valence-corrected chi connectivity index (χ3v) is 10.1. The summed E-state index contributed by atoms with van der Waals surface area (Å²) < 4.78 is 22.0. The first-order chi connectivity index (χ1) is 25.1. The maximum Gasteiger partial charge on any atom is 0.257 e. The zero-order valence-electron chi connectivity index (χ0n) is 28.6. The molecule has 3 fully saturated rings. The van der Waals surface area contributed by atoms with Crippen molar-refractivity contribution in [2.75, 3.05) is 18.5 Å². The molecule has 2 bridgehead atoms. The molecule has 5 aromatic rings. The van der Waals surface area contributed by atoms with E-state index in [0.717, 1.165) is 55.7 Å². The molecule has 51 heavy (non-hydrogen) atoms. The fourth-order valence-electron chi connectivity index (χ4n) is 7.66. The first kappa shape index (κ1) is 32.8. The molecule has 1 saturated carbocycles. The van der Waals surface area contributed by atoms with E-state index < -0.39 is 0 Å². The van der Waals surface area contributed by atoms with Crippen LogP contribution in [0, 0.1) is 11.3 Å². The molecule has 2 aliphatic heterocycles. The standard InChI is InChI=1S/C37H41N11O3/c1-25(18-46-24-39-23-43-46)51-35-14-26(5-6-27(35)15-38)28-16-41-37(42-17-28)44-34-19-47(45-36(34)50-20-29-4-2-3-13-40-29)30-7-9-31(10-8-30)48-32-11-12-33(48)22-49-21-32/h2-6,13-14,16-17,19,23-25,30-33H,7-12,18,20-22H2,1H3,(H,41,42,44)/t25-,30?,31?,32-,33+/m0/s1. The minimum atomic E-state index is -0.234. The first-order valence-electron chi connectivity index (χ1n) is 17.7. The zero-order chi connectivity index (χ0) is 34.6. The number of anilines is 2. The molecule has 262 valence electrons. The van der Waals surface area contributed by atoms with Crippen molar-refractivity contribution in [3.63, 3.8) is 0 Å². The molecule has 3 atom stereocenters. The molecule has 2 saturated heterocycles. The Bertz CT molecular complexity index is 1920. The van der Waals surface area contributed by atoms with Gasteiger partial charge in [0, 0.05) is 42.3 Å². The van der Waals surface area contributed by atoms with E-state index in [1.165, 1.54) is 19.2 Å². The second kappa shape index (κ2) is 14.8. The molecular formula is C37H41N11O3. The first-order valence-corrected chi connectivity index (χ1v) is 17.7. The van der Waals surface area contributed by atoms with Gasteiger partial charge in [-0.3, -0.25) is 14.6 Å². The van der Waals surface area contributed by atoms with Gasteiger partial charge in [-0.05, 0) is 75.3 Å². The van der Waals surface area contributed by atoms with Crippen molar-refractivity contribution in [1.82, 2.24) is 44.4 Å². The smallest absolute Gasteiger partial charge is 0.257 e. The SMILES string of the molecule is C[C@@H](Cn1cncn1)Oc1cc(-c2cnc(Nc3cn(C4CCC(N5[C@@H]6CC[C@H]5COC6)CC4)nc3OCc3ccccn3)nc2)ccc1C#N. The van der Waals surface area contributed by atoms with Crippen molar-refractivity contribution in [2.24, 2.45) is 0 Å². The van der Waals surface area contributed by atoms with Gasteiger partial charge < -0.3 is 19.5 Å². The van der Waals surface area contributed by atoms with Crippen LogP contribution in [0.1, 0.15) is 62.7 Å². The minimum Gasteiger partial charge on any atom is -0.487 e. The largest absolute Gasteiger partial charge is 0.487 e. The number of nitriles is 1. The van der Waals surface area contributed by atoms with E-state index in [0.29, 0.717) is 60.1 Å². The summed E-state index contributed by atoms with van der Waals surface area (Å²) in [5.74, 6) is 1.38. The Morgan fingerprint density at radius 3 is 2.47 bits per heavy atom. The van der Waals surface area contributed by atoms with Crippen molar-refractivity contribution in [1.29, 1.82) is 5.26 Å². The zero-order valence-corrected chi connectivity index (χ0v) is 28.6. The van der Waals surface area contributed by atoms with Gasteiger partial charge in [0.25, 0.3) is 5.88 Å². The molecule has 0 unspecified atom stereocenters. The summed E-state index contributed by atoms with van der Waals surface area (Å²) in [6.45, 7) is 4.46. The van der Waals surface area contributed by atoms with Crippen molar-refractivity contribution in [2.45, 2.75) is 88.9 Å². The molecule has 3 aliphatic rings. The highest BCUT2D eigenvalue weighted by Crippen LogP contribution is 2.39. The van der Waals surface area contributed by atoms with Gasteiger partial charge in [0.05, 0.1) is 43.3 Å². The normalized spacial score (nSPS) is 22.3. The summed E-state index contributed by atoms with van der Waals surface area (Å²) in [5.41, 5.74) is 3.57. The van der Waals surface area contributed by atoms with Crippen molar-refractivity contribution in [3.05, 3.63) is 85.1 Å². The topological polar surface area (TPSA) is 154 Å². The van der Waals surface area contributed by atoms with E-state index in [1.54, 1.807) is 35.7 Å². The fraction of sp³-hybridized carbons (Fsp3) is 0.432. The predicted octanol–water partition coefficient (Wildman–Crippen LogP) is 5.34. The number of rotatable bonds is 12. The Labute approximate surface area is 296 Å². The Hall–Kier alpha value is -5.39. The molecule has 8 rings (SSSR count). The van der Waals surface area contributed by atoms with Crippen LogP contribution in [0.25, 0.3) is 11.1 Å². The summed E-state index contributed by atoms with van der Waals surface area (Å²) in [5, 5.41) is 22.1. The second-order valence-corrected chi connectivity index (χ2v) is 13.6. The summed E-state index contributed by atoms with van der Waals surface area (Å²) in [6, 6.07) is 15.5. The van der Waals surface area contributed by atoms with Gasteiger partial charge >= 0.3 is 0 Å². The van der Waals surface area contributed by atoms with Crippen LogP contribution in [-0.2, 0) is 17.9 Å². The highest BCUT2D eigenvalue weighted by Gasteiger charge is 2.42. The number of nitrogens with zero attached hydrogens (tertiary/aromatic N) is 10. The number of pyridine rings is 1. The third-order valence-electron chi connectivity index (χ3n) is 10.1. The summed E-state index contributed by atoms with van der Waals surface area (Å²) in [4.78, 5) is 20.4. The van der Waals surface area contributed by atoms with Crippen LogP contribution < -0.4 is 14.8 Å². The predicted molar refractivity (Wildman–Crippen MR) is 187 cm³/mol. The number of hydrogen-bond acceptors (Lipinski definition) is 12. The number of benzene rings is 1. The van der Waals surface area contributed by atoms with E-state index in [1.807, 2.05) is 43.5 Å². The highest BCUT2D eigenvalue weighted by molar-refractivity contribution is 5.67. The van der Waals surface area contributed by atoms with E-state index in [-0.39, 0.29) is 12.1 Å². The molecule has 1 aliphatic carbocycles. The number of ether oxygens (including phenoxy) is 3. The van der Waals surface area contributed by atoms with Crippen LogP contribution in [0.2, 0.25) is 0 Å². The number of morpholine rings is 1. The molecule has 14 heteroatoms. The second-order valence-electron chi connectivity index (χ2n) is 13.6. The lowest BCUT2D eigenvalue weighted by molar-refractivity contribution is -0.0458. The Morgan fingerprint density at radius 2 is 1.75 bits per heavy atom. The number of aromatic nitrogens is 8. The lowest BCUT2D eigenvalue weighted by Gasteiger charge is -2.43. The Balaban J connectivity index is 0.968. The summed E-state index contributed by atoms with van der Waals surface area (Å²) in [7, 11) is 0. The summed E-state index contributed by atoms with van der Waals surface area (Å²) in [6.07, 6.45) is 17.1. The fourth-order valence-corrected chi connectivity index (χ4v) is 7.66. The maximum atomic E-state index is 9.71. The molecule has 0 spiro atoms. The van der Waals surface area contributed by atoms with Crippen molar-refractivity contribution in [3.8, 4) is 28.8 Å². The summed E-state index contributed by atoms with van der Waals surface area (Å²) >= 11 is 0. The molecule has 6 heterocycles. The van der Waals surface area contributed by atoms with Crippen LogP contribution in [0.15, 0.2) is 73.8 Å². The lowest BCUT2D eigenvalue weighted by atomic mass is 9.89. The molecule has 4 aromatic heterocycles. The van der Waals surface area contributed by atoms with Gasteiger partial charge in [-0.1, -0.05) is 12.1 Å². The van der Waals surface area contributed by atoms with Gasteiger partial charge in [-0.25, -0.2) is 19.6 Å². The Morgan fingerprint density at radius 1 is 0.961 bits per heavy atom. The number of hydrogen-bond donors (Lipinski definition) is 1. The molecular weight excluding hydrogens is 646 g/mol. The van der Waals surface area contributed by atoms with Crippen LogP contribution in [0.4, 0.5) is 11.6 Å².